The number of carboxylic acid groups (broad SMARTS) is 1. The van der Waals surface area contributed by atoms with Crippen molar-refractivity contribution < 1.29 is 103 Å². The van der Waals surface area contributed by atoms with Gasteiger partial charge in [0.2, 0.25) is 11.8 Å². The number of carboxylic acids is 1. The predicted octanol–water partition coefficient (Wildman–Crippen LogP) is -3.81. The molecule has 4 aliphatic rings. The Bertz CT molecular complexity index is 2130. The molecule has 4 aliphatic heterocycles. The normalized spacial score (nSPS) is 33.3. The van der Waals surface area contributed by atoms with Gasteiger partial charge in [0.15, 0.2) is 24.1 Å². The Kier molecular flexibility index (Phi) is 17.9. The van der Waals surface area contributed by atoms with Gasteiger partial charge in [-0.05, 0) is 41.4 Å². The maximum Gasteiger partial charge on any atom is 0.364 e. The van der Waals surface area contributed by atoms with Gasteiger partial charge in [0.25, 0.3) is 11.7 Å². The maximum atomic E-state index is 13.2. The molecule has 0 saturated carbocycles. The molecular weight excluding hydrogens is 933 g/mol. The lowest BCUT2D eigenvalue weighted by atomic mass is 9.88. The van der Waals surface area contributed by atoms with Gasteiger partial charge in [-0.3, -0.25) is 14.4 Å². The number of carbonyl (C=O) groups is 4. The Labute approximate surface area is 390 Å². The molecule has 68 heavy (non-hydrogen) atoms. The molecular formula is C40H54N6O21S. The van der Waals surface area contributed by atoms with Crippen molar-refractivity contribution in [1.29, 1.82) is 0 Å². The molecule has 12 N–H and O–H groups in total. The average Bonchev–Trinajstić information content (AvgIpc) is 3.82. The Morgan fingerprint density at radius 1 is 0.897 bits per heavy atom. The first-order chi connectivity index (χ1) is 32.4. The van der Waals surface area contributed by atoms with Gasteiger partial charge in [0, 0.05) is 43.1 Å². The molecule has 3 amide bonds. The fourth-order valence-electron chi connectivity index (χ4n) is 8.06. The fraction of sp³-hybridized carbons (Fsp3) is 0.650. The van der Waals surface area contributed by atoms with Crippen LogP contribution in [0.15, 0.2) is 35.4 Å². The van der Waals surface area contributed by atoms with E-state index in [1.165, 1.54) is 6.07 Å². The first-order valence-corrected chi connectivity index (χ1v) is 22.0. The van der Waals surface area contributed by atoms with Crippen molar-refractivity contribution in [3.05, 3.63) is 45.7 Å². The maximum absolute atomic E-state index is 13.2. The number of aliphatic carboxylic acids is 1. The second-order valence-corrected chi connectivity index (χ2v) is 17.2. The number of azide groups is 1. The Hall–Kier alpha value is -4.85. The second-order valence-electron chi connectivity index (χ2n) is 16.1. The van der Waals surface area contributed by atoms with Crippen molar-refractivity contribution in [3.63, 3.8) is 0 Å². The van der Waals surface area contributed by atoms with Crippen LogP contribution in [0, 0.1) is 0 Å². The first-order valence-electron chi connectivity index (χ1n) is 21.2. The van der Waals surface area contributed by atoms with Gasteiger partial charge in [-0.2, -0.15) is 0 Å². The van der Waals surface area contributed by atoms with E-state index in [2.05, 4.69) is 26.0 Å². The van der Waals surface area contributed by atoms with Crippen LogP contribution in [0.25, 0.3) is 20.9 Å². The topological polar surface area (TPSA) is 409 Å². The molecule has 6 rings (SSSR count). The molecule has 28 heteroatoms. The van der Waals surface area contributed by atoms with E-state index in [9.17, 15) is 65.1 Å². The standard InChI is InChI=1S/C40H54N6O21S/c1-16(49)44-27-19(51)12-40(39(58)59,66-34(27)29(53)20(52)13-42-36(57)26-6-5-25(68-26)18-3-4-21-22(11-18)61-10-9-60-21)67-35-30(54)23(14-47)63-38(32(35)56)65-33-24(15-48)64-37(62-8-7-43-46-41)28(31(33)55)45-17(2)50/h3-6,11,19-20,23-24,27-35,37-38,47-48,51-56H,7-10,12-15H2,1-2H3,(H,42,57)(H,44,49)(H,45,50)(H,58,59)/t19-,20+,23+,24+,27+,28+,29+,30-,31+,32+,33+,34+,35-,37+,38-,40-/m0/s1. The van der Waals surface area contributed by atoms with Crippen molar-refractivity contribution >= 4 is 35.0 Å². The molecule has 376 valence electrons. The average molecular weight is 987 g/mol. The largest absolute Gasteiger partial charge is 0.486 e. The predicted molar refractivity (Wildman–Crippen MR) is 225 cm³/mol. The molecule has 0 spiro atoms. The SMILES string of the molecule is CC(=O)N[C@H]1[C@H](OCCN=[N+]=[N-])O[C@H](CO)[C@@H](O[C@@H]2O[C@H](CO)[C@H](O)[C@H](O[C@]3(C(=O)O)C[C@H](O)[C@@H](NC(C)=O)[C@H]([C@H](O)[C@H](O)CNC(=O)c4ccc(-c5ccc6c(c5)OCCO6)s4)O3)[C@H]2O)[C@@H]1O. The summed E-state index contributed by atoms with van der Waals surface area (Å²) in [7, 11) is 0. The minimum absolute atomic E-state index is 0.176. The Morgan fingerprint density at radius 3 is 2.24 bits per heavy atom. The number of fused-ring (bicyclic) bond motifs is 1. The van der Waals surface area contributed by atoms with Gasteiger partial charge in [-0.15, -0.1) is 11.3 Å². The number of thiophene rings is 1. The summed E-state index contributed by atoms with van der Waals surface area (Å²) in [6, 6.07) is 5.44. The van der Waals surface area contributed by atoms with Crippen LogP contribution < -0.4 is 25.4 Å². The van der Waals surface area contributed by atoms with Gasteiger partial charge in [0.05, 0.1) is 42.9 Å². The monoisotopic (exact) mass is 986 g/mol. The molecule has 1 aromatic heterocycles. The van der Waals surface area contributed by atoms with Crippen molar-refractivity contribution in [3.8, 4) is 21.9 Å². The van der Waals surface area contributed by atoms with E-state index in [0.29, 0.717) is 29.6 Å². The zero-order valence-electron chi connectivity index (χ0n) is 36.4. The first kappa shape index (κ1) is 52.5. The molecule has 0 radical (unpaired) electrons. The molecule has 0 aliphatic carbocycles. The van der Waals surface area contributed by atoms with Crippen LogP contribution in [0.3, 0.4) is 0 Å². The van der Waals surface area contributed by atoms with E-state index < -0.39 is 147 Å². The fourth-order valence-corrected chi connectivity index (χ4v) is 8.98. The third-order valence-corrected chi connectivity index (χ3v) is 12.5. The van der Waals surface area contributed by atoms with Crippen LogP contribution in [0.1, 0.15) is 29.9 Å². The number of nitrogens with one attached hydrogen (secondary N) is 3. The summed E-state index contributed by atoms with van der Waals surface area (Å²) in [6.07, 6.45) is -26.0. The van der Waals surface area contributed by atoms with Gasteiger partial charge >= 0.3 is 5.97 Å². The summed E-state index contributed by atoms with van der Waals surface area (Å²) < 4.78 is 45.5. The van der Waals surface area contributed by atoms with E-state index >= 15 is 0 Å². The summed E-state index contributed by atoms with van der Waals surface area (Å²) in [5.41, 5.74) is 9.32. The van der Waals surface area contributed by atoms with Crippen LogP contribution in [0.2, 0.25) is 0 Å². The number of benzene rings is 1. The quantitative estimate of drug-likeness (QED) is 0.0278. The molecule has 0 unspecified atom stereocenters. The minimum Gasteiger partial charge on any atom is -0.486 e. The molecule has 5 heterocycles. The number of carbonyl (C=O) groups excluding carboxylic acids is 3. The third kappa shape index (κ3) is 11.9. The van der Waals surface area contributed by atoms with Crippen molar-refractivity contribution in [2.24, 2.45) is 5.11 Å². The van der Waals surface area contributed by atoms with E-state index in [1.54, 1.807) is 24.3 Å². The van der Waals surface area contributed by atoms with Gasteiger partial charge in [-0.1, -0.05) is 5.11 Å². The lowest BCUT2D eigenvalue weighted by Gasteiger charge is -2.51. The van der Waals surface area contributed by atoms with E-state index in [0.717, 1.165) is 30.7 Å². The van der Waals surface area contributed by atoms with Gasteiger partial charge < -0.3 is 99.8 Å². The molecule has 2 aromatic rings. The van der Waals surface area contributed by atoms with Crippen LogP contribution in [-0.2, 0) is 42.8 Å². The number of amides is 3. The summed E-state index contributed by atoms with van der Waals surface area (Å²) in [6.45, 7) is -0.0649. The highest BCUT2D eigenvalue weighted by molar-refractivity contribution is 7.17. The summed E-state index contributed by atoms with van der Waals surface area (Å²) >= 11 is 1.10. The van der Waals surface area contributed by atoms with Crippen molar-refractivity contribution in [2.45, 2.75) is 118 Å². The van der Waals surface area contributed by atoms with Gasteiger partial charge in [0.1, 0.15) is 74.2 Å². The second kappa shape index (κ2) is 23.2. The van der Waals surface area contributed by atoms with Crippen LogP contribution in [0.5, 0.6) is 11.5 Å². The lowest BCUT2D eigenvalue weighted by Crippen LogP contribution is -2.71. The van der Waals surface area contributed by atoms with E-state index in [1.807, 2.05) is 0 Å². The van der Waals surface area contributed by atoms with Crippen LogP contribution in [0.4, 0.5) is 0 Å². The highest BCUT2D eigenvalue weighted by Gasteiger charge is 2.60. The van der Waals surface area contributed by atoms with E-state index in [4.69, 9.17) is 43.4 Å². The number of rotatable bonds is 19. The zero-order valence-corrected chi connectivity index (χ0v) is 37.2. The summed E-state index contributed by atoms with van der Waals surface area (Å²) in [4.78, 5) is 54.3. The highest BCUT2D eigenvalue weighted by atomic mass is 32.1. The zero-order chi connectivity index (χ0) is 49.4. The summed E-state index contributed by atoms with van der Waals surface area (Å²) in [5, 5.41) is 110. The third-order valence-electron chi connectivity index (χ3n) is 11.3. The smallest absolute Gasteiger partial charge is 0.364 e. The highest BCUT2D eigenvalue weighted by Crippen LogP contribution is 2.40. The van der Waals surface area contributed by atoms with Crippen molar-refractivity contribution in [2.75, 3.05) is 46.1 Å². The van der Waals surface area contributed by atoms with Gasteiger partial charge in [-0.25, -0.2) is 4.79 Å². The molecule has 27 nitrogen and oxygen atoms in total. The minimum atomic E-state index is -3.13. The molecule has 3 saturated heterocycles. The summed E-state index contributed by atoms with van der Waals surface area (Å²) in [5.74, 6) is -6.16. The number of aliphatic hydroxyl groups excluding tert-OH is 8. The van der Waals surface area contributed by atoms with Crippen LogP contribution in [-0.4, -0.2) is 213 Å². The van der Waals surface area contributed by atoms with Crippen molar-refractivity contribution in [1.82, 2.24) is 16.0 Å². The molecule has 0 bridgehead atoms. The lowest BCUT2D eigenvalue weighted by molar-refractivity contribution is -0.382. The molecule has 1 aromatic carbocycles. The molecule has 16 atom stereocenters. The number of nitrogens with zero attached hydrogens (tertiary/aromatic N) is 3. The Morgan fingerprint density at radius 2 is 1.57 bits per heavy atom. The number of hydrogen-bond acceptors (Lipinski definition) is 22. The molecule has 3 fully saturated rings. The number of hydrogen-bond donors (Lipinski definition) is 12. The number of aliphatic hydroxyl groups is 8. The van der Waals surface area contributed by atoms with Crippen LogP contribution >= 0.6 is 11.3 Å². The van der Waals surface area contributed by atoms with E-state index in [-0.39, 0.29) is 18.0 Å². The Balaban J connectivity index is 1.19. The number of ether oxygens (including phenoxy) is 8.